The van der Waals surface area contributed by atoms with Gasteiger partial charge in [0.25, 0.3) is 0 Å². The quantitative estimate of drug-likeness (QED) is 0.636. The molecular formula is C12H25NO. The summed E-state index contributed by atoms with van der Waals surface area (Å²) in [5, 5.41) is 3.49. The molecule has 0 amide bonds. The van der Waals surface area contributed by atoms with Crippen LogP contribution in [0.1, 0.15) is 46.0 Å². The van der Waals surface area contributed by atoms with E-state index in [0.29, 0.717) is 0 Å². The molecule has 0 unspecified atom stereocenters. The molecule has 0 bridgehead atoms. The van der Waals surface area contributed by atoms with E-state index in [-0.39, 0.29) is 5.60 Å². The molecule has 0 aromatic rings. The average molecular weight is 199 g/mol. The highest BCUT2D eigenvalue weighted by molar-refractivity contribution is 4.72. The Bertz CT molecular complexity index is 152. The van der Waals surface area contributed by atoms with Gasteiger partial charge in [0.05, 0.1) is 5.60 Å². The second-order valence-electron chi connectivity index (χ2n) is 5.05. The number of nitrogens with one attached hydrogen (secondary N) is 1. The van der Waals surface area contributed by atoms with E-state index in [4.69, 9.17) is 4.74 Å². The van der Waals surface area contributed by atoms with Crippen LogP contribution >= 0.6 is 0 Å². The molecule has 1 N–H and O–H groups in total. The van der Waals surface area contributed by atoms with Crippen LogP contribution in [0.25, 0.3) is 0 Å². The molecule has 2 nitrogen and oxygen atoms in total. The minimum Gasteiger partial charge on any atom is -0.379 e. The zero-order valence-electron chi connectivity index (χ0n) is 9.94. The third-order valence-electron chi connectivity index (χ3n) is 3.41. The van der Waals surface area contributed by atoms with Gasteiger partial charge >= 0.3 is 0 Å². The predicted molar refractivity (Wildman–Crippen MR) is 60.5 cm³/mol. The second-order valence-corrected chi connectivity index (χ2v) is 5.05. The van der Waals surface area contributed by atoms with Crippen molar-refractivity contribution in [3.05, 3.63) is 0 Å². The normalized spacial score (nSPS) is 18.2. The van der Waals surface area contributed by atoms with Gasteiger partial charge in [-0.25, -0.2) is 0 Å². The smallest absolute Gasteiger partial charge is 0.0634 e. The fraction of sp³-hybridized carbons (Fsp3) is 1.00. The zero-order chi connectivity index (χ0) is 10.4. The van der Waals surface area contributed by atoms with Crippen molar-refractivity contribution in [3.8, 4) is 0 Å². The van der Waals surface area contributed by atoms with Gasteiger partial charge in [0.1, 0.15) is 0 Å². The first-order valence-corrected chi connectivity index (χ1v) is 5.90. The van der Waals surface area contributed by atoms with Crippen LogP contribution in [0.4, 0.5) is 0 Å². The third-order valence-corrected chi connectivity index (χ3v) is 3.41. The molecule has 0 spiro atoms. The summed E-state index contributed by atoms with van der Waals surface area (Å²) >= 11 is 0. The first kappa shape index (κ1) is 12.0. The third kappa shape index (κ3) is 4.43. The van der Waals surface area contributed by atoms with Gasteiger partial charge in [-0.2, -0.15) is 0 Å². The van der Waals surface area contributed by atoms with Crippen molar-refractivity contribution in [2.24, 2.45) is 5.92 Å². The highest BCUT2D eigenvalue weighted by Gasteiger charge is 2.17. The standard InChI is InChI=1S/C12H25NO/c1-12(2,14-3)8-10-13-9-7-11-5-4-6-11/h11,13H,4-10H2,1-3H3. The van der Waals surface area contributed by atoms with E-state index < -0.39 is 0 Å². The average Bonchev–Trinajstić information content (AvgIpc) is 2.08. The summed E-state index contributed by atoms with van der Waals surface area (Å²) in [4.78, 5) is 0. The molecule has 0 aromatic carbocycles. The van der Waals surface area contributed by atoms with E-state index in [9.17, 15) is 0 Å². The SMILES string of the molecule is COC(C)(C)CCNCCC1CCC1. The van der Waals surface area contributed by atoms with Crippen molar-refractivity contribution in [3.63, 3.8) is 0 Å². The van der Waals surface area contributed by atoms with Crippen molar-refractivity contribution >= 4 is 0 Å². The summed E-state index contributed by atoms with van der Waals surface area (Å²) in [6.07, 6.45) is 6.85. The van der Waals surface area contributed by atoms with Crippen molar-refractivity contribution in [2.45, 2.75) is 51.6 Å². The monoisotopic (exact) mass is 199 g/mol. The Labute approximate surface area is 88.4 Å². The number of ether oxygens (including phenoxy) is 1. The second kappa shape index (κ2) is 5.72. The lowest BCUT2D eigenvalue weighted by Crippen LogP contribution is -2.30. The molecule has 1 saturated carbocycles. The van der Waals surface area contributed by atoms with Crippen LogP contribution in [0.5, 0.6) is 0 Å². The largest absolute Gasteiger partial charge is 0.379 e. The number of rotatable bonds is 7. The molecule has 0 aliphatic heterocycles. The first-order chi connectivity index (χ1) is 6.64. The summed E-state index contributed by atoms with van der Waals surface area (Å²) in [6, 6.07) is 0. The maximum Gasteiger partial charge on any atom is 0.0634 e. The summed E-state index contributed by atoms with van der Waals surface area (Å²) in [7, 11) is 1.79. The molecule has 1 aliphatic carbocycles. The molecule has 0 atom stereocenters. The van der Waals surface area contributed by atoms with Crippen LogP contribution in [0.3, 0.4) is 0 Å². The maximum absolute atomic E-state index is 5.36. The van der Waals surface area contributed by atoms with Crippen LogP contribution in [-0.2, 0) is 4.74 Å². The Morgan fingerprint density at radius 3 is 2.50 bits per heavy atom. The van der Waals surface area contributed by atoms with Gasteiger partial charge in [-0.3, -0.25) is 0 Å². The molecule has 0 heterocycles. The lowest BCUT2D eigenvalue weighted by molar-refractivity contribution is 0.0158. The minimum absolute atomic E-state index is 0.0312. The summed E-state index contributed by atoms with van der Waals surface area (Å²) in [5.41, 5.74) is 0.0312. The molecule has 1 fully saturated rings. The summed E-state index contributed by atoms with van der Waals surface area (Å²) in [6.45, 7) is 6.54. The Morgan fingerprint density at radius 2 is 2.00 bits per heavy atom. The lowest BCUT2D eigenvalue weighted by Gasteiger charge is -2.26. The highest BCUT2D eigenvalue weighted by Crippen LogP contribution is 2.28. The molecule has 84 valence electrons. The molecule has 1 aliphatic rings. The van der Waals surface area contributed by atoms with E-state index >= 15 is 0 Å². The van der Waals surface area contributed by atoms with E-state index in [1.54, 1.807) is 7.11 Å². The molecule has 14 heavy (non-hydrogen) atoms. The zero-order valence-corrected chi connectivity index (χ0v) is 9.94. The van der Waals surface area contributed by atoms with Crippen molar-refractivity contribution in [2.75, 3.05) is 20.2 Å². The molecule has 0 radical (unpaired) electrons. The Hall–Kier alpha value is -0.0800. The minimum atomic E-state index is 0.0312. The molecule has 1 rings (SSSR count). The number of hydrogen-bond acceptors (Lipinski definition) is 2. The van der Waals surface area contributed by atoms with Gasteiger partial charge in [-0.1, -0.05) is 19.3 Å². The summed E-state index contributed by atoms with van der Waals surface area (Å²) < 4.78 is 5.36. The van der Waals surface area contributed by atoms with E-state index in [1.165, 1.54) is 32.2 Å². The van der Waals surface area contributed by atoms with Crippen LogP contribution in [0, 0.1) is 5.92 Å². The van der Waals surface area contributed by atoms with Gasteiger partial charge in [0.2, 0.25) is 0 Å². The maximum atomic E-state index is 5.36. The van der Waals surface area contributed by atoms with Crippen molar-refractivity contribution in [1.82, 2.24) is 5.32 Å². The van der Waals surface area contributed by atoms with Crippen LogP contribution in [-0.4, -0.2) is 25.8 Å². The fourth-order valence-corrected chi connectivity index (χ4v) is 1.70. The topological polar surface area (TPSA) is 21.3 Å². The number of hydrogen-bond donors (Lipinski definition) is 1. The number of methoxy groups -OCH3 is 1. The Balaban J connectivity index is 1.88. The summed E-state index contributed by atoms with van der Waals surface area (Å²) in [5.74, 6) is 1.03. The van der Waals surface area contributed by atoms with Gasteiger partial charge in [-0.05, 0) is 45.7 Å². The van der Waals surface area contributed by atoms with Gasteiger partial charge < -0.3 is 10.1 Å². The molecule has 0 aromatic heterocycles. The van der Waals surface area contributed by atoms with Gasteiger partial charge in [0.15, 0.2) is 0 Å². The molecule has 0 saturated heterocycles. The Morgan fingerprint density at radius 1 is 1.29 bits per heavy atom. The van der Waals surface area contributed by atoms with Crippen molar-refractivity contribution in [1.29, 1.82) is 0 Å². The van der Waals surface area contributed by atoms with Gasteiger partial charge in [-0.15, -0.1) is 0 Å². The predicted octanol–water partition coefficient (Wildman–Crippen LogP) is 2.58. The fourth-order valence-electron chi connectivity index (χ4n) is 1.70. The Kier molecular flexibility index (Phi) is 4.90. The van der Waals surface area contributed by atoms with E-state index in [0.717, 1.165) is 18.9 Å². The van der Waals surface area contributed by atoms with E-state index in [1.807, 2.05) is 0 Å². The van der Waals surface area contributed by atoms with Gasteiger partial charge in [0, 0.05) is 7.11 Å². The van der Waals surface area contributed by atoms with Crippen LogP contribution in [0.2, 0.25) is 0 Å². The van der Waals surface area contributed by atoms with Crippen LogP contribution < -0.4 is 5.32 Å². The lowest BCUT2D eigenvalue weighted by atomic mass is 9.83. The van der Waals surface area contributed by atoms with Crippen molar-refractivity contribution < 1.29 is 4.74 Å². The van der Waals surface area contributed by atoms with E-state index in [2.05, 4.69) is 19.2 Å². The molecular weight excluding hydrogens is 174 g/mol. The van der Waals surface area contributed by atoms with Crippen LogP contribution in [0.15, 0.2) is 0 Å². The highest BCUT2D eigenvalue weighted by atomic mass is 16.5. The molecule has 2 heteroatoms. The first-order valence-electron chi connectivity index (χ1n) is 5.90.